The Morgan fingerprint density at radius 2 is 0.673 bits per heavy atom. The first kappa shape index (κ1) is 44.7. The van der Waals surface area contributed by atoms with Crippen molar-refractivity contribution in [3.05, 3.63) is 73.4 Å². The molecule has 0 radical (unpaired) electrons. The van der Waals surface area contributed by atoms with Gasteiger partial charge in [-0.25, -0.2) is 0 Å². The zero-order valence-electron chi connectivity index (χ0n) is 32.0. The quantitative estimate of drug-likeness (QED) is 0.0377. The number of allylic oxidation sites excluding steroid dienone is 4. The molecule has 0 spiro atoms. The van der Waals surface area contributed by atoms with Gasteiger partial charge in [-0.1, -0.05) is 78.1 Å². The molecule has 0 aliphatic rings. The van der Waals surface area contributed by atoms with Gasteiger partial charge in [0.05, 0.1) is 0 Å². The van der Waals surface area contributed by atoms with Gasteiger partial charge in [-0.2, -0.15) is 0 Å². The van der Waals surface area contributed by atoms with Gasteiger partial charge in [0.2, 0.25) is 0 Å². The van der Waals surface area contributed by atoms with Crippen molar-refractivity contribution in [3.63, 3.8) is 0 Å². The summed E-state index contributed by atoms with van der Waals surface area (Å²) in [5, 5.41) is 0. The van der Waals surface area contributed by atoms with E-state index < -0.39 is 17.6 Å². The van der Waals surface area contributed by atoms with Gasteiger partial charge in [0.1, 0.15) is 0 Å². The van der Waals surface area contributed by atoms with Crippen LogP contribution in [0.1, 0.15) is 201 Å². The van der Waals surface area contributed by atoms with E-state index in [4.69, 9.17) is 17.2 Å². The first-order valence-electron chi connectivity index (χ1n) is 21.0. The minimum atomic E-state index is -3.84. The summed E-state index contributed by atoms with van der Waals surface area (Å²) in [5.41, 5.74) is 0. The van der Waals surface area contributed by atoms with Crippen molar-refractivity contribution >= 4 is 17.2 Å². The molecule has 2 atom stereocenters. The molecule has 0 N–H and O–H groups in total. The number of hydrogen-bond donors (Lipinski definition) is 0. The molecule has 0 saturated carbocycles. The number of hydrogen-bond acceptors (Lipinski definition) is 0. The van der Waals surface area contributed by atoms with Gasteiger partial charge in [0.25, 0.3) is 0 Å². The Morgan fingerprint density at radius 3 is 0.980 bits per heavy atom. The van der Waals surface area contributed by atoms with Gasteiger partial charge >= 0.3 is 240 Å². The van der Waals surface area contributed by atoms with Crippen LogP contribution in [0.5, 0.6) is 0 Å². The molecule has 0 aliphatic carbocycles. The molecule has 0 aromatic carbocycles. The number of aromatic nitrogens is 2. The molecule has 49 heavy (non-hydrogen) atoms. The first-order valence-corrected chi connectivity index (χ1v) is 34.1. The van der Waals surface area contributed by atoms with Crippen LogP contribution in [0, 0.1) is 0 Å². The predicted octanol–water partition coefficient (Wildman–Crippen LogP) is 16.5. The van der Waals surface area contributed by atoms with Crippen LogP contribution < -0.4 is 0 Å². The summed E-state index contributed by atoms with van der Waals surface area (Å²) in [4.78, 5) is 0. The second-order valence-corrected chi connectivity index (χ2v) is 36.2. The van der Waals surface area contributed by atoms with Crippen LogP contribution in [0.15, 0.2) is 73.4 Å². The van der Waals surface area contributed by atoms with Gasteiger partial charge in [0.15, 0.2) is 0 Å². The number of rotatable bonds is 34. The fraction of sp³-hybridized carbons (Fsp3) is 0.727. The third kappa shape index (κ3) is 21.6. The molecular formula is C44H76Cl2HfN2. The minimum absolute atomic E-state index is 0.270. The molecule has 2 rings (SSSR count). The van der Waals surface area contributed by atoms with Crippen molar-refractivity contribution in [1.82, 2.24) is 9.13 Å². The Kier molecular flexibility index (Phi) is 28.3. The standard InChI is InChI=1S/2C22H38N.2ClH.Hf/c2*1-2-3-4-5-6-7-8-9-10-11-12-13-14-15-16-17-20-23-21-18-19-22-23;;;/h2*9-10,18-22H,2-8,11-17H2,1H3;2*1H;/q;;;;+2/p-2/b2*10-9-;;;. The van der Waals surface area contributed by atoms with Gasteiger partial charge in [0, 0.05) is 0 Å². The van der Waals surface area contributed by atoms with Gasteiger partial charge in [-0.05, 0) is 0 Å². The Bertz CT molecular complexity index is 934. The molecule has 0 amide bonds. The van der Waals surface area contributed by atoms with E-state index in [2.05, 4.69) is 96.3 Å². The van der Waals surface area contributed by atoms with E-state index in [1.54, 1.807) is 0 Å². The third-order valence-electron chi connectivity index (χ3n) is 10.3. The van der Waals surface area contributed by atoms with E-state index in [-0.39, 0.29) is 7.60 Å². The molecule has 2 unspecified atom stereocenters. The van der Waals surface area contributed by atoms with Crippen LogP contribution in [0.2, 0.25) is 0 Å². The van der Waals surface area contributed by atoms with Crippen LogP contribution in [0.4, 0.5) is 0 Å². The van der Waals surface area contributed by atoms with E-state index >= 15 is 0 Å². The van der Waals surface area contributed by atoms with Crippen LogP contribution >= 0.6 is 17.2 Å². The fourth-order valence-electron chi connectivity index (χ4n) is 7.23. The fourth-order valence-corrected chi connectivity index (χ4v) is 24.4. The van der Waals surface area contributed by atoms with Crippen LogP contribution in [-0.4, -0.2) is 9.13 Å². The normalized spacial score (nSPS) is 13.6. The zero-order valence-corrected chi connectivity index (χ0v) is 37.1. The molecule has 2 nitrogen and oxygen atoms in total. The Balaban J connectivity index is 1.70. The number of nitrogens with zero attached hydrogens (tertiary/aromatic N) is 2. The Hall–Kier alpha value is -0.510. The molecule has 0 fully saturated rings. The summed E-state index contributed by atoms with van der Waals surface area (Å²) in [6.45, 7) is 4.58. The molecule has 0 aliphatic heterocycles. The van der Waals surface area contributed by atoms with Crippen molar-refractivity contribution in [2.75, 3.05) is 0 Å². The molecule has 2 heterocycles. The molecule has 280 valence electrons. The molecule has 2 aromatic heterocycles. The van der Waals surface area contributed by atoms with Crippen molar-refractivity contribution in [1.29, 1.82) is 0 Å². The van der Waals surface area contributed by atoms with E-state index in [1.165, 1.54) is 167 Å². The molecule has 0 bridgehead atoms. The van der Waals surface area contributed by atoms with Gasteiger partial charge < -0.3 is 0 Å². The number of unbranched alkanes of at least 4 members (excludes halogenated alkanes) is 22. The third-order valence-corrected chi connectivity index (χ3v) is 29.2. The second kappa shape index (κ2) is 31.1. The van der Waals surface area contributed by atoms with Crippen molar-refractivity contribution < 1.29 is 17.6 Å². The predicted molar refractivity (Wildman–Crippen MR) is 218 cm³/mol. The van der Waals surface area contributed by atoms with E-state index in [0.29, 0.717) is 0 Å². The Labute approximate surface area is 316 Å². The molecule has 2 aromatic rings. The summed E-state index contributed by atoms with van der Waals surface area (Å²) < 4.78 is 5.27. The maximum atomic E-state index is 7.71. The van der Waals surface area contributed by atoms with Crippen molar-refractivity contribution in [2.24, 2.45) is 0 Å². The summed E-state index contributed by atoms with van der Waals surface area (Å²) in [6, 6.07) is 8.55. The number of halogens is 2. The van der Waals surface area contributed by atoms with E-state index in [9.17, 15) is 0 Å². The van der Waals surface area contributed by atoms with E-state index in [0.717, 1.165) is 12.8 Å². The van der Waals surface area contributed by atoms with Crippen LogP contribution in [-0.2, 0) is 17.6 Å². The monoisotopic (exact) mass is 882 g/mol. The SMILES string of the molecule is CCCCCCCC/C=C\CCCCCCC[CH](n1cccc1)[Hf]([Cl])([Cl])[CH](CCCCCCC/C=C\CCCCCCCC)n1cccc1. The van der Waals surface area contributed by atoms with Gasteiger partial charge in [-0.3, -0.25) is 0 Å². The summed E-state index contributed by atoms with van der Waals surface area (Å²) in [6.07, 6.45) is 55.3. The maximum absolute atomic E-state index is 7.71. The van der Waals surface area contributed by atoms with Crippen LogP contribution in [0.25, 0.3) is 0 Å². The van der Waals surface area contributed by atoms with E-state index in [1.807, 2.05) is 0 Å². The summed E-state index contributed by atoms with van der Waals surface area (Å²) >= 11 is -3.84. The van der Waals surface area contributed by atoms with Crippen molar-refractivity contribution in [2.45, 2.75) is 201 Å². The van der Waals surface area contributed by atoms with Gasteiger partial charge in [-0.15, -0.1) is 0 Å². The summed E-state index contributed by atoms with van der Waals surface area (Å²) in [5.74, 6) is 0. The second-order valence-electron chi connectivity index (χ2n) is 14.7. The Morgan fingerprint density at radius 1 is 0.408 bits per heavy atom. The topological polar surface area (TPSA) is 9.86 Å². The zero-order chi connectivity index (χ0) is 35.1. The molecule has 5 heteroatoms. The first-order chi connectivity index (χ1) is 24.1. The summed E-state index contributed by atoms with van der Waals surface area (Å²) in [7, 11) is 15.4. The van der Waals surface area contributed by atoms with Crippen LogP contribution in [0.3, 0.4) is 0 Å². The average molecular weight is 883 g/mol. The average Bonchev–Trinajstić information content (AvgIpc) is 3.83. The molecular weight excluding hydrogens is 806 g/mol. The molecule has 0 saturated heterocycles. The van der Waals surface area contributed by atoms with Crippen molar-refractivity contribution in [3.8, 4) is 0 Å².